The predicted octanol–water partition coefficient (Wildman–Crippen LogP) is 2.92. The van der Waals surface area contributed by atoms with Crippen molar-refractivity contribution < 1.29 is 4.74 Å². The third-order valence-corrected chi connectivity index (χ3v) is 2.41. The molecule has 2 aromatic rings. The van der Waals surface area contributed by atoms with Gasteiger partial charge in [-0.05, 0) is 17.7 Å². The summed E-state index contributed by atoms with van der Waals surface area (Å²) in [6.45, 7) is 0. The van der Waals surface area contributed by atoms with Crippen LogP contribution < -0.4 is 4.74 Å². The van der Waals surface area contributed by atoms with Crippen molar-refractivity contribution in [2.45, 2.75) is 5.88 Å². The molecule has 0 amide bonds. The Balaban J connectivity index is 2.61. The van der Waals surface area contributed by atoms with Gasteiger partial charge in [-0.15, -0.1) is 11.6 Å². The zero-order valence-electron chi connectivity index (χ0n) is 7.30. The standard InChI is InChI=1S/C10H10ClNO/c1-13-8-2-3-9-7(5-11)6-12-10(9)4-8/h2-4,6,12H,5H2,1H3. The summed E-state index contributed by atoms with van der Waals surface area (Å²) in [4.78, 5) is 3.15. The van der Waals surface area contributed by atoms with Crippen molar-refractivity contribution in [3.63, 3.8) is 0 Å². The largest absolute Gasteiger partial charge is 0.497 e. The molecule has 0 radical (unpaired) electrons. The molecule has 0 aliphatic heterocycles. The third-order valence-electron chi connectivity index (χ3n) is 2.12. The molecule has 2 nitrogen and oxygen atoms in total. The van der Waals surface area contributed by atoms with Gasteiger partial charge in [-0.3, -0.25) is 0 Å². The van der Waals surface area contributed by atoms with Crippen LogP contribution in [0.3, 0.4) is 0 Å². The van der Waals surface area contributed by atoms with E-state index in [1.165, 1.54) is 0 Å². The van der Waals surface area contributed by atoms with Gasteiger partial charge in [0.1, 0.15) is 5.75 Å². The fourth-order valence-corrected chi connectivity index (χ4v) is 1.62. The lowest BCUT2D eigenvalue weighted by atomic mass is 10.2. The van der Waals surface area contributed by atoms with E-state index < -0.39 is 0 Å². The Kier molecular flexibility index (Phi) is 2.15. The molecular formula is C10H10ClNO. The van der Waals surface area contributed by atoms with Gasteiger partial charge >= 0.3 is 0 Å². The molecule has 0 spiro atoms. The number of fused-ring (bicyclic) bond motifs is 1. The number of methoxy groups -OCH3 is 1. The Morgan fingerprint density at radius 3 is 3.00 bits per heavy atom. The van der Waals surface area contributed by atoms with Crippen LogP contribution >= 0.6 is 11.6 Å². The SMILES string of the molecule is COc1ccc2c(CCl)c[nH]c2c1. The molecule has 2 rings (SSSR count). The lowest BCUT2D eigenvalue weighted by Crippen LogP contribution is -1.81. The van der Waals surface area contributed by atoms with Crippen molar-refractivity contribution >= 4 is 22.5 Å². The maximum Gasteiger partial charge on any atom is 0.120 e. The van der Waals surface area contributed by atoms with E-state index >= 15 is 0 Å². The van der Waals surface area contributed by atoms with Gasteiger partial charge in [-0.25, -0.2) is 0 Å². The number of rotatable bonds is 2. The zero-order chi connectivity index (χ0) is 9.26. The average Bonchev–Trinajstić information content (AvgIpc) is 2.59. The molecule has 0 bridgehead atoms. The topological polar surface area (TPSA) is 25.0 Å². The first kappa shape index (κ1) is 8.45. The van der Waals surface area contributed by atoms with Crippen molar-refractivity contribution in [2.24, 2.45) is 0 Å². The average molecular weight is 196 g/mol. The normalized spacial score (nSPS) is 10.6. The molecule has 0 atom stereocenters. The number of ether oxygens (including phenoxy) is 1. The van der Waals surface area contributed by atoms with Crippen molar-refractivity contribution in [2.75, 3.05) is 7.11 Å². The lowest BCUT2D eigenvalue weighted by molar-refractivity contribution is 0.415. The Hall–Kier alpha value is -1.15. The number of halogens is 1. The van der Waals surface area contributed by atoms with Crippen molar-refractivity contribution in [3.05, 3.63) is 30.0 Å². The highest BCUT2D eigenvalue weighted by Crippen LogP contribution is 2.23. The predicted molar refractivity (Wildman–Crippen MR) is 54.4 cm³/mol. The highest BCUT2D eigenvalue weighted by atomic mass is 35.5. The summed E-state index contributed by atoms with van der Waals surface area (Å²) in [6, 6.07) is 5.92. The number of nitrogens with one attached hydrogen (secondary N) is 1. The van der Waals surface area contributed by atoms with E-state index in [0.717, 1.165) is 22.2 Å². The molecule has 0 fully saturated rings. The van der Waals surface area contributed by atoms with Crippen LogP contribution in [0.5, 0.6) is 5.75 Å². The molecule has 13 heavy (non-hydrogen) atoms. The molecule has 0 aliphatic carbocycles. The minimum atomic E-state index is 0.534. The molecule has 0 aliphatic rings. The van der Waals surface area contributed by atoms with Gasteiger partial charge in [0.2, 0.25) is 0 Å². The molecule has 1 heterocycles. The number of hydrogen-bond acceptors (Lipinski definition) is 1. The van der Waals surface area contributed by atoms with E-state index in [9.17, 15) is 0 Å². The van der Waals surface area contributed by atoms with Gasteiger partial charge < -0.3 is 9.72 Å². The van der Waals surface area contributed by atoms with Crippen molar-refractivity contribution in [3.8, 4) is 5.75 Å². The second kappa shape index (κ2) is 3.30. The first-order chi connectivity index (χ1) is 6.35. The van der Waals surface area contributed by atoms with Gasteiger partial charge in [0.05, 0.1) is 7.11 Å². The van der Waals surface area contributed by atoms with Gasteiger partial charge in [0.15, 0.2) is 0 Å². The van der Waals surface area contributed by atoms with E-state index in [2.05, 4.69) is 4.98 Å². The van der Waals surface area contributed by atoms with Crippen LogP contribution in [0.4, 0.5) is 0 Å². The number of alkyl halides is 1. The summed E-state index contributed by atoms with van der Waals surface area (Å²) in [5, 5.41) is 1.16. The van der Waals surface area contributed by atoms with E-state index in [-0.39, 0.29) is 0 Å². The molecule has 68 valence electrons. The van der Waals surface area contributed by atoms with Crippen LogP contribution in [-0.2, 0) is 5.88 Å². The highest BCUT2D eigenvalue weighted by molar-refractivity contribution is 6.18. The number of H-pyrrole nitrogens is 1. The number of aromatic amines is 1. The molecule has 1 N–H and O–H groups in total. The fraction of sp³-hybridized carbons (Fsp3) is 0.200. The number of aromatic nitrogens is 1. The minimum Gasteiger partial charge on any atom is -0.497 e. The second-order valence-corrected chi connectivity index (χ2v) is 3.13. The van der Waals surface area contributed by atoms with Gasteiger partial charge in [-0.1, -0.05) is 0 Å². The minimum absolute atomic E-state index is 0.534. The summed E-state index contributed by atoms with van der Waals surface area (Å²) in [5.41, 5.74) is 2.19. The van der Waals surface area contributed by atoms with Crippen LogP contribution in [0, 0.1) is 0 Å². The maximum atomic E-state index is 5.77. The first-order valence-electron chi connectivity index (χ1n) is 4.05. The van der Waals surface area contributed by atoms with Crippen LogP contribution in [0.25, 0.3) is 10.9 Å². The van der Waals surface area contributed by atoms with Gasteiger partial charge in [0.25, 0.3) is 0 Å². The van der Waals surface area contributed by atoms with E-state index in [4.69, 9.17) is 16.3 Å². The molecule has 0 saturated heterocycles. The summed E-state index contributed by atoms with van der Waals surface area (Å²) in [7, 11) is 1.66. The van der Waals surface area contributed by atoms with Gasteiger partial charge in [-0.2, -0.15) is 0 Å². The van der Waals surface area contributed by atoms with Crippen molar-refractivity contribution in [1.82, 2.24) is 4.98 Å². The summed E-state index contributed by atoms with van der Waals surface area (Å²) >= 11 is 5.77. The van der Waals surface area contributed by atoms with E-state index in [0.29, 0.717) is 5.88 Å². The fourth-order valence-electron chi connectivity index (χ4n) is 1.40. The summed E-state index contributed by atoms with van der Waals surface area (Å²) in [6.07, 6.45) is 1.93. The number of hydrogen-bond donors (Lipinski definition) is 1. The Morgan fingerprint density at radius 1 is 1.46 bits per heavy atom. The molecule has 1 aromatic heterocycles. The Bertz CT molecular complexity index is 422. The Labute approximate surface area is 81.5 Å². The summed E-state index contributed by atoms with van der Waals surface area (Å²) in [5.74, 6) is 1.39. The quantitative estimate of drug-likeness (QED) is 0.733. The summed E-state index contributed by atoms with van der Waals surface area (Å²) < 4.78 is 5.11. The molecular weight excluding hydrogens is 186 g/mol. The van der Waals surface area contributed by atoms with Crippen LogP contribution in [-0.4, -0.2) is 12.1 Å². The smallest absolute Gasteiger partial charge is 0.120 e. The first-order valence-corrected chi connectivity index (χ1v) is 4.58. The number of benzene rings is 1. The third kappa shape index (κ3) is 1.38. The second-order valence-electron chi connectivity index (χ2n) is 2.86. The van der Waals surface area contributed by atoms with Crippen LogP contribution in [0.1, 0.15) is 5.56 Å². The molecule has 3 heteroatoms. The van der Waals surface area contributed by atoms with E-state index in [1.54, 1.807) is 7.11 Å². The van der Waals surface area contributed by atoms with Crippen molar-refractivity contribution in [1.29, 1.82) is 0 Å². The molecule has 1 aromatic carbocycles. The Morgan fingerprint density at radius 2 is 2.31 bits per heavy atom. The van der Waals surface area contributed by atoms with Crippen LogP contribution in [0.2, 0.25) is 0 Å². The lowest BCUT2D eigenvalue weighted by Gasteiger charge is -1.98. The van der Waals surface area contributed by atoms with Gasteiger partial charge in [0, 0.05) is 29.0 Å². The van der Waals surface area contributed by atoms with Crippen LogP contribution in [0.15, 0.2) is 24.4 Å². The molecule has 0 saturated carbocycles. The van der Waals surface area contributed by atoms with E-state index in [1.807, 2.05) is 24.4 Å². The molecule has 0 unspecified atom stereocenters. The zero-order valence-corrected chi connectivity index (χ0v) is 8.06. The maximum absolute atomic E-state index is 5.77. The highest BCUT2D eigenvalue weighted by Gasteiger charge is 2.02. The monoisotopic (exact) mass is 195 g/mol.